The van der Waals surface area contributed by atoms with Crippen LogP contribution in [0.15, 0.2) is 5.16 Å². The molecule has 0 rings (SSSR count). The second kappa shape index (κ2) is 4.62. The molecule has 2 nitrogen and oxygen atoms in total. The van der Waals surface area contributed by atoms with Crippen LogP contribution in [-0.2, 0) is 4.84 Å². The molecule has 0 saturated carbocycles. The summed E-state index contributed by atoms with van der Waals surface area (Å²) in [6.07, 6.45) is 1.05. The molecule has 0 fully saturated rings. The molecule has 48 valence electrons. The molecule has 0 aromatic heterocycles. The van der Waals surface area contributed by atoms with E-state index in [1.54, 1.807) is 0 Å². The van der Waals surface area contributed by atoms with Gasteiger partial charge >= 0.3 is 0 Å². The first-order valence-corrected chi connectivity index (χ1v) is 2.85. The Labute approximate surface area is 50.5 Å². The van der Waals surface area contributed by atoms with Gasteiger partial charge in [0, 0.05) is 6.72 Å². The molecular weight excluding hydrogens is 102 g/mol. The maximum atomic E-state index is 4.66. The minimum atomic E-state index is 0.691. The number of hydrogen-bond donors (Lipinski definition) is 0. The van der Waals surface area contributed by atoms with E-state index in [0.717, 1.165) is 6.42 Å². The molecule has 0 aromatic carbocycles. The summed E-state index contributed by atoms with van der Waals surface area (Å²) in [5, 5.41) is 3.26. The highest BCUT2D eigenvalue weighted by atomic mass is 16.6. The zero-order chi connectivity index (χ0) is 6.41. The zero-order valence-electron chi connectivity index (χ0n) is 5.55. The number of hydrogen-bond acceptors (Lipinski definition) is 2. The van der Waals surface area contributed by atoms with Gasteiger partial charge in [-0.2, -0.15) is 0 Å². The molecule has 0 aliphatic heterocycles. The van der Waals surface area contributed by atoms with Gasteiger partial charge in [0.2, 0.25) is 0 Å². The molecular formula is C6H13NO. The van der Waals surface area contributed by atoms with Crippen molar-refractivity contribution in [3.63, 3.8) is 0 Å². The van der Waals surface area contributed by atoms with Crippen LogP contribution in [0.25, 0.3) is 0 Å². The van der Waals surface area contributed by atoms with Crippen molar-refractivity contribution in [3.8, 4) is 0 Å². The van der Waals surface area contributed by atoms with Crippen LogP contribution in [0, 0.1) is 5.92 Å². The number of rotatable bonds is 4. The third kappa shape index (κ3) is 5.47. The van der Waals surface area contributed by atoms with Crippen molar-refractivity contribution in [2.45, 2.75) is 20.3 Å². The maximum absolute atomic E-state index is 4.66. The highest BCUT2D eigenvalue weighted by Crippen LogP contribution is 1.97. The third-order valence-electron chi connectivity index (χ3n) is 0.878. The van der Waals surface area contributed by atoms with Crippen LogP contribution in [0.2, 0.25) is 0 Å². The van der Waals surface area contributed by atoms with Gasteiger partial charge in [0.15, 0.2) is 0 Å². The van der Waals surface area contributed by atoms with Crippen molar-refractivity contribution in [2.24, 2.45) is 11.1 Å². The van der Waals surface area contributed by atoms with Gasteiger partial charge < -0.3 is 4.84 Å². The zero-order valence-corrected chi connectivity index (χ0v) is 5.55. The van der Waals surface area contributed by atoms with Crippen molar-refractivity contribution in [1.29, 1.82) is 0 Å². The molecule has 0 bridgehead atoms. The van der Waals surface area contributed by atoms with E-state index in [9.17, 15) is 0 Å². The van der Waals surface area contributed by atoms with E-state index in [1.807, 2.05) is 0 Å². The highest BCUT2D eigenvalue weighted by molar-refractivity contribution is 5.21. The van der Waals surface area contributed by atoms with Crippen LogP contribution >= 0.6 is 0 Å². The molecule has 0 aromatic rings. The summed E-state index contributed by atoms with van der Waals surface area (Å²) in [4.78, 5) is 4.66. The van der Waals surface area contributed by atoms with Crippen LogP contribution < -0.4 is 0 Å². The van der Waals surface area contributed by atoms with Gasteiger partial charge in [-0.25, -0.2) is 0 Å². The lowest BCUT2D eigenvalue weighted by Gasteiger charge is -2.00. The molecule has 0 heterocycles. The van der Waals surface area contributed by atoms with Crippen LogP contribution in [0.3, 0.4) is 0 Å². The molecule has 2 heteroatoms. The van der Waals surface area contributed by atoms with Crippen molar-refractivity contribution in [2.75, 3.05) is 6.61 Å². The molecule has 0 radical (unpaired) electrons. The summed E-state index contributed by atoms with van der Waals surface area (Å²) in [7, 11) is 0. The fourth-order valence-corrected chi connectivity index (χ4v) is 0.353. The highest BCUT2D eigenvalue weighted by Gasteiger charge is 1.90. The van der Waals surface area contributed by atoms with E-state index in [4.69, 9.17) is 0 Å². The van der Waals surface area contributed by atoms with E-state index >= 15 is 0 Å². The topological polar surface area (TPSA) is 21.6 Å². The Balaban J connectivity index is 2.81. The van der Waals surface area contributed by atoms with Crippen molar-refractivity contribution >= 4 is 6.72 Å². The second-order valence-corrected chi connectivity index (χ2v) is 2.14. The van der Waals surface area contributed by atoms with Crippen molar-refractivity contribution in [1.82, 2.24) is 0 Å². The first-order chi connectivity index (χ1) is 3.77. The molecule has 0 unspecified atom stereocenters. The SMILES string of the molecule is C=NOCCC(C)C. The van der Waals surface area contributed by atoms with E-state index in [1.165, 1.54) is 0 Å². The van der Waals surface area contributed by atoms with Crippen LogP contribution in [0.5, 0.6) is 0 Å². The molecule has 8 heavy (non-hydrogen) atoms. The van der Waals surface area contributed by atoms with Crippen LogP contribution in [-0.4, -0.2) is 13.3 Å². The Kier molecular flexibility index (Phi) is 4.32. The van der Waals surface area contributed by atoms with Crippen molar-refractivity contribution in [3.05, 3.63) is 0 Å². The summed E-state index contributed by atoms with van der Waals surface area (Å²) in [6.45, 7) is 8.17. The summed E-state index contributed by atoms with van der Waals surface area (Å²) in [5.41, 5.74) is 0. The first kappa shape index (κ1) is 7.47. The Hall–Kier alpha value is -0.530. The van der Waals surface area contributed by atoms with Crippen LogP contribution in [0.4, 0.5) is 0 Å². The van der Waals surface area contributed by atoms with E-state index in [0.29, 0.717) is 12.5 Å². The lowest BCUT2D eigenvalue weighted by Crippen LogP contribution is -1.93. The van der Waals surface area contributed by atoms with Crippen LogP contribution in [0.1, 0.15) is 20.3 Å². The average molecular weight is 115 g/mol. The maximum Gasteiger partial charge on any atom is 0.117 e. The fourth-order valence-electron chi connectivity index (χ4n) is 0.353. The molecule has 0 N–H and O–H groups in total. The standard InChI is InChI=1S/C6H13NO/c1-6(2)4-5-8-7-3/h6H,3-5H2,1-2H3. The lowest BCUT2D eigenvalue weighted by molar-refractivity contribution is 0.135. The molecule has 0 saturated heterocycles. The van der Waals surface area contributed by atoms with Gasteiger partial charge in [0.05, 0.1) is 0 Å². The Morgan fingerprint density at radius 1 is 1.62 bits per heavy atom. The number of nitrogens with zero attached hydrogens (tertiary/aromatic N) is 1. The van der Waals surface area contributed by atoms with Gasteiger partial charge in [-0.1, -0.05) is 13.8 Å². The van der Waals surface area contributed by atoms with Gasteiger partial charge in [-0.15, -0.1) is 5.16 Å². The summed E-state index contributed by atoms with van der Waals surface area (Å²) >= 11 is 0. The van der Waals surface area contributed by atoms with Crippen molar-refractivity contribution < 1.29 is 4.84 Å². The quantitative estimate of drug-likeness (QED) is 0.310. The molecule has 0 aliphatic rings. The van der Waals surface area contributed by atoms with Gasteiger partial charge in [0.25, 0.3) is 0 Å². The smallest absolute Gasteiger partial charge is 0.117 e. The molecule has 0 atom stereocenters. The first-order valence-electron chi connectivity index (χ1n) is 2.85. The van der Waals surface area contributed by atoms with E-state index in [-0.39, 0.29) is 0 Å². The number of oxime groups is 1. The summed E-state index contributed by atoms with van der Waals surface area (Å²) < 4.78 is 0. The molecule has 0 amide bonds. The summed E-state index contributed by atoms with van der Waals surface area (Å²) in [6, 6.07) is 0. The molecule has 0 aliphatic carbocycles. The van der Waals surface area contributed by atoms with E-state index in [2.05, 4.69) is 30.6 Å². The third-order valence-corrected chi connectivity index (χ3v) is 0.878. The fraction of sp³-hybridized carbons (Fsp3) is 0.833. The molecule has 0 spiro atoms. The minimum absolute atomic E-state index is 0.691. The monoisotopic (exact) mass is 115 g/mol. The summed E-state index contributed by atoms with van der Waals surface area (Å²) in [5.74, 6) is 0.691. The predicted molar refractivity (Wildman–Crippen MR) is 35.0 cm³/mol. The Morgan fingerprint density at radius 2 is 2.25 bits per heavy atom. The van der Waals surface area contributed by atoms with Gasteiger partial charge in [0.1, 0.15) is 6.61 Å². The Bertz CT molecular complexity index is 61.5. The minimum Gasteiger partial charge on any atom is -0.396 e. The van der Waals surface area contributed by atoms with Gasteiger partial charge in [-0.05, 0) is 12.3 Å². The predicted octanol–water partition coefficient (Wildman–Crippen LogP) is 1.66. The van der Waals surface area contributed by atoms with Gasteiger partial charge in [-0.3, -0.25) is 0 Å². The Morgan fingerprint density at radius 3 is 2.62 bits per heavy atom. The largest absolute Gasteiger partial charge is 0.396 e. The average Bonchev–Trinajstić information content (AvgIpc) is 1.66. The lowest BCUT2D eigenvalue weighted by atomic mass is 10.1. The normalized spacial score (nSPS) is 9.38. The van der Waals surface area contributed by atoms with E-state index < -0.39 is 0 Å². The second-order valence-electron chi connectivity index (χ2n) is 2.14.